The van der Waals surface area contributed by atoms with Crippen molar-refractivity contribution in [2.45, 2.75) is 18.4 Å². The number of hydrazone groups is 1. The van der Waals surface area contributed by atoms with Gasteiger partial charge in [0.05, 0.1) is 17.7 Å². The Morgan fingerprint density at radius 2 is 1.72 bits per heavy atom. The molecule has 0 fully saturated rings. The number of nitrogens with zero attached hydrogens (tertiary/aromatic N) is 2. The van der Waals surface area contributed by atoms with Gasteiger partial charge in [-0.1, -0.05) is 57.9 Å². The summed E-state index contributed by atoms with van der Waals surface area (Å²) in [4.78, 5) is 12.6. The lowest BCUT2D eigenvalue weighted by atomic mass is 10.1. The van der Waals surface area contributed by atoms with Gasteiger partial charge in [-0.3, -0.25) is 4.79 Å². The molecule has 0 bridgehead atoms. The summed E-state index contributed by atoms with van der Waals surface area (Å²) in [5, 5.41) is 13.6. The van der Waals surface area contributed by atoms with Gasteiger partial charge in [0.15, 0.2) is 0 Å². The summed E-state index contributed by atoms with van der Waals surface area (Å²) in [6.07, 6.45) is 1.29. The van der Waals surface area contributed by atoms with Crippen LogP contribution in [-0.4, -0.2) is 36.5 Å². The van der Waals surface area contributed by atoms with Gasteiger partial charge in [-0.15, -0.1) is 0 Å². The average molecular weight is 516 g/mol. The van der Waals surface area contributed by atoms with Gasteiger partial charge in [-0.2, -0.15) is 9.41 Å². The molecule has 7 nitrogen and oxygen atoms in total. The number of rotatable bonds is 8. The summed E-state index contributed by atoms with van der Waals surface area (Å²) in [5.74, 6) is -0.589. The molecule has 3 rings (SSSR count). The minimum absolute atomic E-state index is 0.0179. The van der Waals surface area contributed by atoms with Crippen LogP contribution in [0.15, 0.2) is 87.3 Å². The molecule has 0 spiro atoms. The minimum atomic E-state index is -3.95. The lowest BCUT2D eigenvalue weighted by Crippen LogP contribution is -2.39. The van der Waals surface area contributed by atoms with Crippen LogP contribution in [0.1, 0.15) is 16.7 Å². The number of amides is 1. The smallest absolute Gasteiger partial charge is 0.255 e. The number of halogens is 1. The van der Waals surface area contributed by atoms with Crippen LogP contribution in [0.3, 0.4) is 0 Å². The highest BCUT2D eigenvalue weighted by atomic mass is 79.9. The molecule has 0 radical (unpaired) electrons. The number of aromatic hydroxyl groups is 1. The highest BCUT2D eigenvalue weighted by molar-refractivity contribution is 9.10. The zero-order chi connectivity index (χ0) is 23.1. The second-order valence-electron chi connectivity index (χ2n) is 7.06. The Morgan fingerprint density at radius 1 is 1.06 bits per heavy atom. The van der Waals surface area contributed by atoms with Gasteiger partial charge in [0, 0.05) is 16.6 Å². The third kappa shape index (κ3) is 6.25. The van der Waals surface area contributed by atoms with E-state index >= 15 is 0 Å². The van der Waals surface area contributed by atoms with Crippen LogP contribution < -0.4 is 5.43 Å². The topological polar surface area (TPSA) is 99.1 Å². The van der Waals surface area contributed by atoms with Crippen molar-refractivity contribution in [2.75, 3.05) is 6.54 Å². The second-order valence-corrected chi connectivity index (χ2v) is 9.92. The van der Waals surface area contributed by atoms with Crippen molar-refractivity contribution in [3.8, 4) is 5.75 Å². The van der Waals surface area contributed by atoms with Crippen molar-refractivity contribution >= 4 is 38.1 Å². The minimum Gasteiger partial charge on any atom is -0.507 e. The molecule has 2 N–H and O–H groups in total. The number of nitrogens with one attached hydrogen (secondary N) is 1. The first-order chi connectivity index (χ1) is 15.3. The maximum absolute atomic E-state index is 13.2. The van der Waals surface area contributed by atoms with Crippen molar-refractivity contribution in [3.63, 3.8) is 0 Å². The molecule has 0 atom stereocenters. The van der Waals surface area contributed by atoms with E-state index in [1.807, 2.05) is 31.2 Å². The first-order valence-electron chi connectivity index (χ1n) is 9.67. The van der Waals surface area contributed by atoms with Crippen molar-refractivity contribution in [3.05, 3.63) is 94.0 Å². The maximum Gasteiger partial charge on any atom is 0.255 e. The van der Waals surface area contributed by atoms with Crippen LogP contribution in [-0.2, 0) is 21.4 Å². The molecule has 1 amide bonds. The molecule has 0 aliphatic rings. The molecule has 0 saturated carbocycles. The molecule has 0 heterocycles. The predicted octanol–water partition coefficient (Wildman–Crippen LogP) is 3.80. The van der Waals surface area contributed by atoms with Crippen molar-refractivity contribution in [1.82, 2.24) is 9.73 Å². The van der Waals surface area contributed by atoms with Gasteiger partial charge >= 0.3 is 0 Å². The number of phenols is 1. The summed E-state index contributed by atoms with van der Waals surface area (Å²) in [7, 11) is -3.95. The Bertz CT molecular complexity index is 1210. The van der Waals surface area contributed by atoms with Gasteiger partial charge < -0.3 is 5.11 Å². The molecule has 0 unspecified atom stereocenters. The van der Waals surface area contributed by atoms with Crippen LogP contribution in [0.25, 0.3) is 0 Å². The van der Waals surface area contributed by atoms with E-state index in [0.29, 0.717) is 5.56 Å². The highest BCUT2D eigenvalue weighted by Crippen LogP contribution is 2.21. The zero-order valence-electron chi connectivity index (χ0n) is 17.3. The third-order valence-electron chi connectivity index (χ3n) is 4.58. The van der Waals surface area contributed by atoms with E-state index in [4.69, 9.17) is 0 Å². The largest absolute Gasteiger partial charge is 0.507 e. The molecule has 0 aliphatic heterocycles. The molecular formula is C23H22BrN3O4S. The fourth-order valence-corrected chi connectivity index (χ4v) is 4.49. The van der Waals surface area contributed by atoms with Crippen molar-refractivity contribution < 1.29 is 18.3 Å². The molecule has 166 valence electrons. The molecular weight excluding hydrogens is 494 g/mol. The van der Waals surface area contributed by atoms with Crippen LogP contribution >= 0.6 is 15.9 Å². The van der Waals surface area contributed by atoms with Gasteiger partial charge in [-0.05, 0) is 48.9 Å². The van der Waals surface area contributed by atoms with E-state index in [1.165, 1.54) is 24.4 Å². The Balaban J connectivity index is 1.80. The fraction of sp³-hybridized carbons (Fsp3) is 0.130. The Kier molecular flexibility index (Phi) is 7.79. The molecule has 0 saturated heterocycles. The van der Waals surface area contributed by atoms with Crippen LogP contribution in [0.5, 0.6) is 5.75 Å². The number of carbonyl (C=O) groups is 1. The van der Waals surface area contributed by atoms with Crippen LogP contribution in [0.4, 0.5) is 0 Å². The van der Waals surface area contributed by atoms with Gasteiger partial charge in [-0.25, -0.2) is 13.8 Å². The normalized spacial score (nSPS) is 11.7. The lowest BCUT2D eigenvalue weighted by Gasteiger charge is -2.21. The van der Waals surface area contributed by atoms with Crippen LogP contribution in [0, 0.1) is 6.92 Å². The van der Waals surface area contributed by atoms with Crippen molar-refractivity contribution in [1.29, 1.82) is 0 Å². The molecule has 9 heteroatoms. The Hall–Kier alpha value is -3.01. The molecule has 0 aliphatic carbocycles. The Morgan fingerprint density at radius 3 is 2.38 bits per heavy atom. The number of hydrogen-bond acceptors (Lipinski definition) is 5. The van der Waals surface area contributed by atoms with Gasteiger partial charge in [0.25, 0.3) is 5.91 Å². The third-order valence-corrected chi connectivity index (χ3v) is 6.92. The average Bonchev–Trinajstić information content (AvgIpc) is 2.76. The maximum atomic E-state index is 13.2. The fourth-order valence-electron chi connectivity index (χ4n) is 2.84. The number of para-hydroxylation sites is 1. The molecule has 32 heavy (non-hydrogen) atoms. The Labute approximate surface area is 195 Å². The molecule has 0 aromatic heterocycles. The number of benzene rings is 3. The summed E-state index contributed by atoms with van der Waals surface area (Å²) in [6, 6.07) is 20.2. The summed E-state index contributed by atoms with van der Waals surface area (Å²) in [6.45, 7) is 1.54. The first-order valence-corrected chi connectivity index (χ1v) is 11.9. The monoisotopic (exact) mass is 515 g/mol. The number of aryl methyl sites for hydroxylation is 1. The standard InChI is InChI=1S/C23H22BrN3O4S/c1-17-6-8-18(9-7-17)15-27(32(30,31)21-12-10-20(24)11-13-21)16-23(29)26-25-14-19-4-2-3-5-22(19)28/h2-14,28H,15-16H2,1H3,(H,26,29)/b25-14-. The summed E-state index contributed by atoms with van der Waals surface area (Å²) in [5.41, 5.74) is 4.55. The zero-order valence-corrected chi connectivity index (χ0v) is 19.7. The SMILES string of the molecule is Cc1ccc(CN(CC(=O)N/N=C\c2ccccc2O)S(=O)(=O)c2ccc(Br)cc2)cc1. The van der Waals surface area contributed by atoms with Gasteiger partial charge in [0.1, 0.15) is 5.75 Å². The highest BCUT2D eigenvalue weighted by Gasteiger charge is 2.27. The van der Waals surface area contributed by atoms with E-state index in [9.17, 15) is 18.3 Å². The van der Waals surface area contributed by atoms with Crippen molar-refractivity contribution in [2.24, 2.45) is 5.10 Å². The predicted molar refractivity (Wildman–Crippen MR) is 127 cm³/mol. The number of carbonyl (C=O) groups excluding carboxylic acids is 1. The number of sulfonamides is 1. The van der Waals surface area contributed by atoms with Gasteiger partial charge in [0.2, 0.25) is 10.0 Å². The number of hydrogen-bond donors (Lipinski definition) is 2. The van der Waals surface area contributed by atoms with E-state index in [2.05, 4.69) is 26.5 Å². The molecule has 3 aromatic carbocycles. The second kappa shape index (κ2) is 10.5. The van der Waals surface area contributed by atoms with E-state index in [-0.39, 0.29) is 17.2 Å². The van der Waals surface area contributed by atoms with E-state index in [0.717, 1.165) is 19.9 Å². The number of phenolic OH excluding ortho intramolecular Hbond substituents is 1. The quantitative estimate of drug-likeness (QED) is 0.352. The first kappa shape index (κ1) is 23.6. The van der Waals surface area contributed by atoms with Crippen LogP contribution in [0.2, 0.25) is 0 Å². The van der Waals surface area contributed by atoms with E-state index in [1.54, 1.807) is 30.3 Å². The lowest BCUT2D eigenvalue weighted by molar-refractivity contribution is -0.121. The summed E-state index contributed by atoms with van der Waals surface area (Å²) >= 11 is 3.30. The molecule has 3 aromatic rings. The summed E-state index contributed by atoms with van der Waals surface area (Å²) < 4.78 is 28.3. The van der Waals surface area contributed by atoms with E-state index < -0.39 is 22.5 Å².